The number of imidazole rings is 1. The Morgan fingerprint density at radius 1 is 0.594 bits per heavy atom. The molecule has 0 aliphatic carbocycles. The first-order valence-electron chi connectivity index (χ1n) is 23.0. The van der Waals surface area contributed by atoms with Gasteiger partial charge in [-0.3, -0.25) is 13.7 Å². The van der Waals surface area contributed by atoms with Gasteiger partial charge in [-0.2, -0.15) is 0 Å². The standard InChI is InChI=1S/C59H50N4O/c1-58(2,3)44-20-15-19-42(33-44)50-35-45(59(4,5)6)34-49(41-17-8-7-9-18-41)57(50)62-38-61(52-24-12-13-25-53(52)62)46-21-14-16-39(31-46)30-40-26-27-48-47-22-10-11-23-51(47)63(54(48)32-40)56-36-55-43(37-60-56)28-29-64-55/h7-29,31-37H,30H2,1-6H3/i30D2. The predicted molar refractivity (Wildman–Crippen MR) is 263 cm³/mol. The van der Waals surface area contributed by atoms with Crippen molar-refractivity contribution < 1.29 is 11.7 Å². The number of aromatic nitrogens is 4. The zero-order valence-electron chi connectivity index (χ0n) is 39.0. The maximum Gasteiger partial charge on any atom is 0.269 e. The molecular formula is C59H50N4O. The first-order valence-corrected chi connectivity index (χ1v) is 22.0. The van der Waals surface area contributed by atoms with Crippen LogP contribution in [0.15, 0.2) is 187 Å². The summed E-state index contributed by atoms with van der Waals surface area (Å²) in [6.45, 7) is 13.6. The molecule has 0 atom stereocenters. The van der Waals surface area contributed by atoms with Gasteiger partial charge in [0.15, 0.2) is 0 Å². The van der Waals surface area contributed by atoms with Crippen LogP contribution in [-0.4, -0.2) is 14.1 Å². The average molecular weight is 833 g/mol. The maximum atomic E-state index is 9.82. The van der Waals surface area contributed by atoms with Gasteiger partial charge in [-0.1, -0.05) is 175 Å². The van der Waals surface area contributed by atoms with Gasteiger partial charge in [0, 0.05) is 31.2 Å². The van der Waals surface area contributed by atoms with Crippen LogP contribution in [0, 0.1) is 6.33 Å². The van der Waals surface area contributed by atoms with E-state index >= 15 is 0 Å². The Hall–Kier alpha value is -7.50. The number of rotatable bonds is 7. The van der Waals surface area contributed by atoms with Crippen LogP contribution in [0.2, 0.25) is 0 Å². The monoisotopic (exact) mass is 832 g/mol. The van der Waals surface area contributed by atoms with Crippen LogP contribution in [0.3, 0.4) is 0 Å². The third-order valence-corrected chi connectivity index (χ3v) is 12.5. The maximum absolute atomic E-state index is 9.82. The van der Waals surface area contributed by atoms with Crippen molar-refractivity contribution in [2.45, 2.75) is 58.7 Å². The molecule has 0 fully saturated rings. The van der Waals surface area contributed by atoms with Crippen molar-refractivity contribution in [1.29, 1.82) is 0 Å². The average Bonchev–Trinajstić information content (AvgIpc) is 4.05. The number of hydrogen-bond acceptors (Lipinski definition) is 2. The Morgan fingerprint density at radius 2 is 1.28 bits per heavy atom. The Balaban J connectivity index is 1.09. The summed E-state index contributed by atoms with van der Waals surface area (Å²) in [4.78, 5) is 4.84. The topological polar surface area (TPSA) is 39.8 Å². The van der Waals surface area contributed by atoms with Crippen molar-refractivity contribution in [2.24, 2.45) is 0 Å². The molecule has 0 spiro atoms. The van der Waals surface area contributed by atoms with Crippen molar-refractivity contribution in [1.82, 2.24) is 14.1 Å². The molecule has 0 aliphatic heterocycles. The fourth-order valence-corrected chi connectivity index (χ4v) is 9.09. The molecule has 0 saturated carbocycles. The largest absolute Gasteiger partial charge is 0.464 e. The number of nitrogens with zero attached hydrogens (tertiary/aromatic N) is 4. The summed E-state index contributed by atoms with van der Waals surface area (Å²) in [6.07, 6.45) is 5.47. The van der Waals surface area contributed by atoms with Crippen LogP contribution >= 0.6 is 0 Å². The molecule has 11 rings (SSSR count). The van der Waals surface area contributed by atoms with E-state index in [1.807, 2.05) is 72.9 Å². The second kappa shape index (κ2) is 15.1. The minimum absolute atomic E-state index is 0.0398. The van der Waals surface area contributed by atoms with Gasteiger partial charge < -0.3 is 4.42 Å². The van der Waals surface area contributed by atoms with Crippen LogP contribution in [0.5, 0.6) is 0 Å². The zero-order valence-corrected chi connectivity index (χ0v) is 37.0. The number of pyridine rings is 1. The number of furan rings is 1. The first kappa shape index (κ1) is 37.1. The highest BCUT2D eigenvalue weighted by atomic mass is 16.3. The Bertz CT molecular complexity index is 3650. The Labute approximate surface area is 377 Å². The summed E-state index contributed by atoms with van der Waals surface area (Å²) in [5.41, 5.74) is 14.3. The van der Waals surface area contributed by atoms with E-state index in [9.17, 15) is 2.74 Å². The van der Waals surface area contributed by atoms with E-state index in [1.54, 1.807) is 6.26 Å². The lowest BCUT2D eigenvalue weighted by atomic mass is 9.81. The molecule has 0 N–H and O–H groups in total. The molecule has 0 unspecified atom stereocenters. The third kappa shape index (κ3) is 6.89. The van der Waals surface area contributed by atoms with E-state index in [0.717, 1.165) is 77.4 Å². The van der Waals surface area contributed by atoms with E-state index in [-0.39, 0.29) is 10.8 Å². The SMILES string of the molecule is [2H]C([2H])(c1cccc(-n2[c-][n+](-c3c(-c4ccccc4)cc(C(C)(C)C)cc3-c3cccc(C(C)(C)C)c3)c3ccccc32)c1)c1ccc2c3ccccc3n(-c3cc4occc4cn3)c2c1. The van der Waals surface area contributed by atoms with E-state index in [2.05, 4.69) is 165 Å². The molecule has 0 bridgehead atoms. The minimum atomic E-state index is -1.86. The van der Waals surface area contributed by atoms with Crippen LogP contribution < -0.4 is 4.57 Å². The fraction of sp³-hybridized carbons (Fsp3) is 0.153. The molecular weight excluding hydrogens is 781 g/mol. The second-order valence-electron chi connectivity index (χ2n) is 18.9. The number of fused-ring (bicyclic) bond motifs is 5. The molecule has 64 heavy (non-hydrogen) atoms. The zero-order chi connectivity index (χ0) is 45.5. The van der Waals surface area contributed by atoms with Crippen LogP contribution in [-0.2, 0) is 17.2 Å². The van der Waals surface area contributed by atoms with Crippen molar-refractivity contribution in [3.63, 3.8) is 0 Å². The van der Waals surface area contributed by atoms with Crippen molar-refractivity contribution >= 4 is 43.8 Å². The molecule has 4 heterocycles. The van der Waals surface area contributed by atoms with Crippen molar-refractivity contribution in [3.05, 3.63) is 211 Å². The van der Waals surface area contributed by atoms with Gasteiger partial charge in [-0.15, -0.1) is 0 Å². The molecule has 4 aromatic heterocycles. The van der Waals surface area contributed by atoms with Crippen LogP contribution in [0.4, 0.5) is 0 Å². The number of hydrogen-bond donors (Lipinski definition) is 0. The molecule has 0 radical (unpaired) electrons. The molecule has 0 aliphatic rings. The van der Waals surface area contributed by atoms with Gasteiger partial charge in [0.1, 0.15) is 11.4 Å². The minimum Gasteiger partial charge on any atom is -0.464 e. The molecule has 5 nitrogen and oxygen atoms in total. The van der Waals surface area contributed by atoms with Crippen LogP contribution in [0.1, 0.15) is 66.5 Å². The number of para-hydroxylation sites is 3. The highest BCUT2D eigenvalue weighted by molar-refractivity contribution is 6.09. The predicted octanol–water partition coefficient (Wildman–Crippen LogP) is 14.5. The summed E-state index contributed by atoms with van der Waals surface area (Å²) in [5.74, 6) is 0.709. The Morgan fingerprint density at radius 3 is 2.09 bits per heavy atom. The fourth-order valence-electron chi connectivity index (χ4n) is 9.09. The molecule has 0 amide bonds. The lowest BCUT2D eigenvalue weighted by Gasteiger charge is -2.26. The lowest BCUT2D eigenvalue weighted by molar-refractivity contribution is -0.571. The summed E-state index contributed by atoms with van der Waals surface area (Å²) in [7, 11) is 0. The molecule has 11 aromatic rings. The van der Waals surface area contributed by atoms with Gasteiger partial charge in [0.25, 0.3) is 6.33 Å². The quantitative estimate of drug-likeness (QED) is 0.119. The molecule has 7 aromatic carbocycles. The lowest BCUT2D eigenvalue weighted by Crippen LogP contribution is -2.32. The summed E-state index contributed by atoms with van der Waals surface area (Å²) >= 11 is 0. The van der Waals surface area contributed by atoms with E-state index in [1.165, 1.54) is 11.1 Å². The summed E-state index contributed by atoms with van der Waals surface area (Å²) in [6, 6.07) is 58.6. The van der Waals surface area contributed by atoms with Crippen LogP contribution in [0.25, 0.3) is 83.3 Å². The molecule has 0 saturated heterocycles. The first-order chi connectivity index (χ1) is 31.7. The van der Waals surface area contributed by atoms with Gasteiger partial charge in [-0.05, 0) is 92.0 Å². The van der Waals surface area contributed by atoms with Gasteiger partial charge in [0.2, 0.25) is 0 Å². The van der Waals surface area contributed by atoms with Crippen molar-refractivity contribution in [2.75, 3.05) is 0 Å². The number of benzene rings is 7. The van der Waals surface area contributed by atoms with E-state index < -0.39 is 6.37 Å². The molecule has 5 heteroatoms. The highest BCUT2D eigenvalue weighted by Gasteiger charge is 2.25. The van der Waals surface area contributed by atoms with Gasteiger partial charge in [0.05, 0.1) is 39.7 Å². The summed E-state index contributed by atoms with van der Waals surface area (Å²) < 4.78 is 31.8. The normalized spacial score (nSPS) is 13.0. The van der Waals surface area contributed by atoms with E-state index in [0.29, 0.717) is 16.9 Å². The van der Waals surface area contributed by atoms with Gasteiger partial charge >= 0.3 is 0 Å². The summed E-state index contributed by atoms with van der Waals surface area (Å²) in [5, 5.41) is 3.02. The Kier molecular flexibility index (Phi) is 8.75. The van der Waals surface area contributed by atoms with E-state index in [4.69, 9.17) is 9.40 Å². The third-order valence-electron chi connectivity index (χ3n) is 12.5. The molecule has 312 valence electrons. The van der Waals surface area contributed by atoms with Gasteiger partial charge in [-0.25, -0.2) is 4.98 Å². The second-order valence-corrected chi connectivity index (χ2v) is 18.9. The smallest absolute Gasteiger partial charge is 0.269 e. The van der Waals surface area contributed by atoms with Crippen molar-refractivity contribution in [3.8, 4) is 39.4 Å². The highest BCUT2D eigenvalue weighted by Crippen LogP contribution is 2.40.